The summed E-state index contributed by atoms with van der Waals surface area (Å²) in [6, 6.07) is 12.8. The Morgan fingerprint density at radius 1 is 1.00 bits per heavy atom. The molecule has 1 N–H and O–H groups in total. The number of nitrogens with zero attached hydrogens (tertiary/aromatic N) is 2. The van der Waals surface area contributed by atoms with Crippen molar-refractivity contribution in [3.05, 3.63) is 92.7 Å². The number of ether oxygens (including phenoxy) is 4. The summed E-state index contributed by atoms with van der Waals surface area (Å²) in [6.07, 6.45) is 1.06. The van der Waals surface area contributed by atoms with Crippen LogP contribution in [-0.2, 0) is 44.8 Å². The minimum atomic E-state index is -1.08. The van der Waals surface area contributed by atoms with Crippen LogP contribution in [0.2, 0.25) is 0 Å². The molecule has 1 fully saturated rings. The molecule has 0 bridgehead atoms. The number of para-hydroxylation sites is 1. The van der Waals surface area contributed by atoms with Crippen LogP contribution in [0.3, 0.4) is 0 Å². The highest BCUT2D eigenvalue weighted by Gasteiger charge is 2.56. The number of non-ortho nitro benzene ring substituents is 1. The third-order valence-corrected chi connectivity index (χ3v) is 7.33. The van der Waals surface area contributed by atoms with Crippen molar-refractivity contribution in [3.8, 4) is 5.75 Å². The van der Waals surface area contributed by atoms with E-state index in [1.54, 1.807) is 30.3 Å². The molecule has 43 heavy (non-hydrogen) atoms. The molecule has 2 aromatic carbocycles. The summed E-state index contributed by atoms with van der Waals surface area (Å²) in [4.78, 5) is 74.2. The molecule has 1 unspecified atom stereocenters. The summed E-state index contributed by atoms with van der Waals surface area (Å²) in [6.45, 7) is 1.17. The second kappa shape index (κ2) is 13.7. The molecular weight excluding hydrogens is 586 g/mol. The normalized spacial score (nSPS) is 18.2. The summed E-state index contributed by atoms with van der Waals surface area (Å²) < 4.78 is 21.0. The monoisotopic (exact) mass is 611 g/mol. The quantitative estimate of drug-likeness (QED) is 0.0980. The van der Waals surface area contributed by atoms with Crippen molar-refractivity contribution in [1.29, 1.82) is 0 Å². The first-order chi connectivity index (χ1) is 20.5. The number of thioether (sulfide) groups is 1. The van der Waals surface area contributed by atoms with Crippen molar-refractivity contribution < 1.29 is 47.8 Å². The maximum Gasteiger partial charge on any atom is 0.355 e. The van der Waals surface area contributed by atoms with Crippen LogP contribution in [0.15, 0.2) is 77.0 Å². The number of hydrogen-bond donors (Lipinski definition) is 1. The third-order valence-electron chi connectivity index (χ3n) is 6.01. The van der Waals surface area contributed by atoms with Gasteiger partial charge < -0.3 is 24.3 Å². The van der Waals surface area contributed by atoms with E-state index < -0.39 is 52.7 Å². The fourth-order valence-electron chi connectivity index (χ4n) is 4.00. The Kier molecular flexibility index (Phi) is 9.77. The number of carbonyl (C=O) groups is 5. The molecule has 2 heterocycles. The number of nitro groups is 1. The Morgan fingerprint density at radius 2 is 1.70 bits per heavy atom. The van der Waals surface area contributed by atoms with Crippen LogP contribution < -0.4 is 10.1 Å². The standard InChI is InChI=1S/C28H25N3O11S/c1-16(32)39-13-21-22(14-40-17(2)33)43-27-24(29-23(34)15-41-20-6-4-3-5-7-20)26(35)30(27)25(21)28(36)42-12-18-8-10-19(11-9-18)31(37)38/h3-11,14,24,27H,12-13,15H2,1-2H3,(H,29,34)/t24?,27-/m1/s1. The van der Waals surface area contributed by atoms with E-state index in [0.29, 0.717) is 11.3 Å². The van der Waals surface area contributed by atoms with Crippen molar-refractivity contribution in [2.24, 2.45) is 0 Å². The number of fused-ring (bicyclic) bond motifs is 1. The Labute approximate surface area is 248 Å². The predicted molar refractivity (Wildman–Crippen MR) is 148 cm³/mol. The molecule has 14 nitrogen and oxygen atoms in total. The number of nitro benzene ring substituents is 1. The molecule has 2 aromatic rings. The molecule has 0 radical (unpaired) electrons. The largest absolute Gasteiger partial charge is 0.484 e. The molecule has 0 spiro atoms. The topological polar surface area (TPSA) is 181 Å². The van der Waals surface area contributed by atoms with Gasteiger partial charge >= 0.3 is 17.9 Å². The summed E-state index contributed by atoms with van der Waals surface area (Å²) in [5, 5.41) is 12.7. The number of β-lactam (4-membered cyclic amide) rings is 1. The molecule has 0 aliphatic carbocycles. The van der Waals surface area contributed by atoms with Gasteiger partial charge in [-0.2, -0.15) is 0 Å². The molecule has 0 aromatic heterocycles. The van der Waals surface area contributed by atoms with Gasteiger partial charge in [-0.25, -0.2) is 4.79 Å². The van der Waals surface area contributed by atoms with Crippen molar-refractivity contribution >= 4 is 47.2 Å². The minimum Gasteiger partial charge on any atom is -0.484 e. The Hall–Kier alpha value is -5.18. The van der Waals surface area contributed by atoms with Gasteiger partial charge in [-0.15, -0.1) is 0 Å². The second-order valence-electron chi connectivity index (χ2n) is 9.06. The van der Waals surface area contributed by atoms with Crippen molar-refractivity contribution in [2.45, 2.75) is 31.9 Å². The predicted octanol–water partition coefficient (Wildman–Crippen LogP) is 2.34. The Morgan fingerprint density at radius 3 is 2.33 bits per heavy atom. The fourth-order valence-corrected chi connectivity index (χ4v) is 5.30. The van der Waals surface area contributed by atoms with Gasteiger partial charge in [0.1, 0.15) is 42.3 Å². The van der Waals surface area contributed by atoms with Crippen molar-refractivity contribution in [1.82, 2.24) is 10.2 Å². The number of nitrogens with one attached hydrogen (secondary N) is 1. The number of amides is 2. The van der Waals surface area contributed by atoms with Gasteiger partial charge in [0, 0.05) is 31.6 Å². The first-order valence-electron chi connectivity index (χ1n) is 12.7. The number of benzene rings is 2. The zero-order chi connectivity index (χ0) is 31.1. The fraction of sp³-hybridized carbons (Fsp3) is 0.250. The van der Waals surface area contributed by atoms with Gasteiger partial charge in [0.05, 0.1) is 9.83 Å². The van der Waals surface area contributed by atoms with Crippen LogP contribution in [0.5, 0.6) is 5.75 Å². The Balaban J connectivity index is 1.58. The summed E-state index contributed by atoms with van der Waals surface area (Å²) in [5.74, 6) is -3.11. The van der Waals surface area contributed by atoms with Gasteiger partial charge in [-0.3, -0.25) is 34.2 Å². The number of carbonyl (C=O) groups excluding carboxylic acids is 5. The van der Waals surface area contributed by atoms with E-state index in [2.05, 4.69) is 5.32 Å². The molecule has 2 amide bonds. The lowest BCUT2D eigenvalue weighted by atomic mass is 10.0. The van der Waals surface area contributed by atoms with Crippen LogP contribution in [-0.4, -0.2) is 64.2 Å². The average Bonchev–Trinajstić information content (AvgIpc) is 2.99. The van der Waals surface area contributed by atoms with E-state index in [0.717, 1.165) is 36.8 Å². The molecule has 224 valence electrons. The van der Waals surface area contributed by atoms with E-state index in [4.69, 9.17) is 18.9 Å². The maximum atomic E-state index is 13.4. The molecule has 0 saturated carbocycles. The number of hydrogen-bond acceptors (Lipinski definition) is 12. The molecule has 2 aliphatic heterocycles. The van der Waals surface area contributed by atoms with Gasteiger partial charge in [0.25, 0.3) is 17.5 Å². The van der Waals surface area contributed by atoms with Gasteiger partial charge in [0.2, 0.25) is 0 Å². The molecule has 2 aliphatic rings. The van der Waals surface area contributed by atoms with E-state index in [-0.39, 0.29) is 35.1 Å². The highest BCUT2D eigenvalue weighted by molar-refractivity contribution is 8.04. The van der Waals surface area contributed by atoms with Crippen LogP contribution in [0.4, 0.5) is 5.69 Å². The first kappa shape index (κ1) is 30.8. The number of rotatable bonds is 11. The minimum absolute atomic E-state index is 0.0388. The third kappa shape index (κ3) is 7.56. The first-order valence-corrected chi connectivity index (χ1v) is 13.5. The molecular formula is C28H25N3O11S. The summed E-state index contributed by atoms with van der Waals surface area (Å²) in [5.41, 5.74) is 0.0394. The Bertz CT molecular complexity index is 1510. The van der Waals surface area contributed by atoms with E-state index in [1.165, 1.54) is 24.3 Å². The van der Waals surface area contributed by atoms with Crippen molar-refractivity contribution in [3.63, 3.8) is 0 Å². The van der Waals surface area contributed by atoms with Crippen molar-refractivity contribution in [2.75, 3.05) is 13.2 Å². The zero-order valence-electron chi connectivity index (χ0n) is 22.8. The lowest BCUT2D eigenvalue weighted by Crippen LogP contribution is -2.70. The summed E-state index contributed by atoms with van der Waals surface area (Å²) >= 11 is 1.00. The van der Waals surface area contributed by atoms with Crippen LogP contribution in [0, 0.1) is 10.1 Å². The maximum absolute atomic E-state index is 13.4. The average molecular weight is 612 g/mol. The van der Waals surface area contributed by atoms with Crippen LogP contribution in [0.1, 0.15) is 19.4 Å². The van der Waals surface area contributed by atoms with Gasteiger partial charge in [-0.1, -0.05) is 30.0 Å². The lowest BCUT2D eigenvalue weighted by Gasteiger charge is -2.49. The SMILES string of the molecule is CC(=O)OC=C1S[C@@H]2C(NC(=O)COc3ccccc3)C(=O)N2C(C(=O)OCc2ccc([N+](=O)[O-])cc2)=C1COC(C)=O. The number of esters is 3. The van der Waals surface area contributed by atoms with E-state index in [1.807, 2.05) is 0 Å². The highest BCUT2D eigenvalue weighted by Crippen LogP contribution is 2.47. The van der Waals surface area contributed by atoms with E-state index in [9.17, 15) is 34.1 Å². The van der Waals surface area contributed by atoms with Gasteiger partial charge in [0.15, 0.2) is 6.61 Å². The van der Waals surface area contributed by atoms with Gasteiger partial charge in [-0.05, 0) is 29.8 Å². The smallest absolute Gasteiger partial charge is 0.355 e. The molecule has 2 atom stereocenters. The zero-order valence-corrected chi connectivity index (χ0v) is 23.7. The summed E-state index contributed by atoms with van der Waals surface area (Å²) in [7, 11) is 0. The molecule has 4 rings (SSSR count). The lowest BCUT2D eigenvalue weighted by molar-refractivity contribution is -0.384. The molecule has 1 saturated heterocycles. The highest BCUT2D eigenvalue weighted by atomic mass is 32.2. The van der Waals surface area contributed by atoms with Crippen LogP contribution in [0.25, 0.3) is 0 Å². The van der Waals surface area contributed by atoms with E-state index >= 15 is 0 Å². The molecule has 15 heteroatoms. The van der Waals surface area contributed by atoms with Crippen LogP contribution >= 0.6 is 11.8 Å². The second-order valence-corrected chi connectivity index (χ2v) is 10.2.